The highest BCUT2D eigenvalue weighted by Crippen LogP contribution is 2.45. The molecule has 0 fully saturated rings. The fourth-order valence-corrected chi connectivity index (χ4v) is 4.22. The summed E-state index contributed by atoms with van der Waals surface area (Å²) in [6.07, 6.45) is -3.81. The van der Waals surface area contributed by atoms with Gasteiger partial charge in [0.25, 0.3) is 5.91 Å². The Morgan fingerprint density at radius 3 is 2.40 bits per heavy atom. The lowest BCUT2D eigenvalue weighted by molar-refractivity contribution is -0.173. The van der Waals surface area contributed by atoms with E-state index in [1.54, 1.807) is 30.3 Å². The number of rotatable bonds is 6. The fourth-order valence-electron chi connectivity index (χ4n) is 3.96. The maximum absolute atomic E-state index is 14.0. The van der Waals surface area contributed by atoms with Crippen molar-refractivity contribution in [1.82, 2.24) is 9.78 Å². The quantitative estimate of drug-likeness (QED) is 0.457. The number of amides is 1. The number of alkyl halides is 3. The zero-order valence-electron chi connectivity index (χ0n) is 18.9. The van der Waals surface area contributed by atoms with Gasteiger partial charge in [-0.1, -0.05) is 17.7 Å². The molecule has 0 saturated heterocycles. The summed E-state index contributed by atoms with van der Waals surface area (Å²) in [5, 5.41) is 9.84. The van der Waals surface area contributed by atoms with Gasteiger partial charge in [0.05, 0.1) is 38.6 Å². The standard InChI is InChI=1S/C23H22ClF3N4O4/c1-33-17-7-5-13(9-15(17)24)29-22(32)14-11-28-31-20(23(25,26)27)10-16(30-21(14)31)12-4-6-18(34-2)19(8-12)35-3/h4-9,11,16,20,30H,10H2,1-3H3,(H,29,32)/t16-,20-/m0/s1. The summed E-state index contributed by atoms with van der Waals surface area (Å²) in [5.41, 5.74) is 0.842. The van der Waals surface area contributed by atoms with Crippen molar-refractivity contribution in [3.8, 4) is 17.2 Å². The average molecular weight is 511 g/mol. The lowest BCUT2D eigenvalue weighted by Gasteiger charge is -2.34. The number of anilines is 2. The van der Waals surface area contributed by atoms with Gasteiger partial charge in [0.15, 0.2) is 17.5 Å². The first kappa shape index (κ1) is 24.5. The Morgan fingerprint density at radius 1 is 1.09 bits per heavy atom. The van der Waals surface area contributed by atoms with Gasteiger partial charge in [-0.2, -0.15) is 18.3 Å². The SMILES string of the molecule is COc1ccc(NC(=O)c2cnn3c2N[C@H](c2ccc(OC)c(OC)c2)C[C@H]3C(F)(F)F)cc1Cl. The van der Waals surface area contributed by atoms with Gasteiger partial charge in [0, 0.05) is 12.1 Å². The van der Waals surface area contributed by atoms with Crippen LogP contribution in [0, 0.1) is 0 Å². The van der Waals surface area contributed by atoms with Crippen LogP contribution in [-0.2, 0) is 0 Å². The molecular weight excluding hydrogens is 489 g/mol. The summed E-state index contributed by atoms with van der Waals surface area (Å²) in [5.74, 6) is 0.552. The van der Waals surface area contributed by atoms with E-state index in [-0.39, 0.29) is 22.8 Å². The maximum atomic E-state index is 14.0. The highest BCUT2D eigenvalue weighted by atomic mass is 35.5. The summed E-state index contributed by atoms with van der Waals surface area (Å²) in [6.45, 7) is 0. The van der Waals surface area contributed by atoms with E-state index in [1.807, 2.05) is 0 Å². The first-order valence-corrected chi connectivity index (χ1v) is 10.8. The Bertz CT molecular complexity index is 1250. The van der Waals surface area contributed by atoms with Crippen LogP contribution in [-0.4, -0.2) is 43.2 Å². The smallest absolute Gasteiger partial charge is 0.410 e. The molecular formula is C23H22ClF3N4O4. The molecule has 35 heavy (non-hydrogen) atoms. The minimum absolute atomic E-state index is 0.0450. The van der Waals surface area contributed by atoms with Crippen molar-refractivity contribution >= 4 is 29.0 Å². The Morgan fingerprint density at radius 2 is 1.77 bits per heavy atom. The van der Waals surface area contributed by atoms with Crippen molar-refractivity contribution in [2.45, 2.75) is 24.7 Å². The van der Waals surface area contributed by atoms with Gasteiger partial charge >= 0.3 is 6.18 Å². The molecule has 1 aliphatic heterocycles. The molecule has 186 valence electrons. The highest BCUT2D eigenvalue weighted by Gasteiger charge is 2.47. The van der Waals surface area contributed by atoms with Gasteiger partial charge in [0.2, 0.25) is 0 Å². The Kier molecular flexibility index (Phi) is 6.70. The molecule has 0 radical (unpaired) electrons. The lowest BCUT2D eigenvalue weighted by atomic mass is 9.96. The number of carbonyl (C=O) groups is 1. The number of methoxy groups -OCH3 is 3. The molecule has 1 amide bonds. The molecule has 0 unspecified atom stereocenters. The number of hydrogen-bond acceptors (Lipinski definition) is 6. The topological polar surface area (TPSA) is 86.6 Å². The zero-order valence-corrected chi connectivity index (χ0v) is 19.7. The van der Waals surface area contributed by atoms with Crippen LogP contribution in [0.2, 0.25) is 5.02 Å². The molecule has 12 heteroatoms. The number of ether oxygens (including phenoxy) is 3. The number of nitrogens with zero attached hydrogens (tertiary/aromatic N) is 2. The monoisotopic (exact) mass is 510 g/mol. The molecule has 0 bridgehead atoms. The molecule has 2 heterocycles. The molecule has 2 aromatic carbocycles. The molecule has 1 aliphatic rings. The molecule has 2 atom stereocenters. The van der Waals surface area contributed by atoms with Crippen LogP contribution in [0.4, 0.5) is 24.7 Å². The third-order valence-electron chi connectivity index (χ3n) is 5.70. The summed E-state index contributed by atoms with van der Waals surface area (Å²) in [4.78, 5) is 13.0. The van der Waals surface area contributed by atoms with Gasteiger partial charge in [-0.25, -0.2) is 4.68 Å². The fraction of sp³-hybridized carbons (Fsp3) is 0.304. The number of carbonyl (C=O) groups excluding carboxylic acids is 1. The third-order valence-corrected chi connectivity index (χ3v) is 6.00. The lowest BCUT2D eigenvalue weighted by Crippen LogP contribution is -2.36. The molecule has 0 aliphatic carbocycles. The molecule has 1 aromatic heterocycles. The predicted molar refractivity (Wildman–Crippen MR) is 124 cm³/mol. The van der Waals surface area contributed by atoms with Crippen molar-refractivity contribution in [3.05, 3.63) is 58.7 Å². The van der Waals surface area contributed by atoms with Gasteiger partial charge in [-0.3, -0.25) is 4.79 Å². The second-order valence-corrected chi connectivity index (χ2v) is 8.17. The van der Waals surface area contributed by atoms with Crippen LogP contribution >= 0.6 is 11.6 Å². The number of hydrogen-bond donors (Lipinski definition) is 2. The third kappa shape index (κ3) is 4.81. The molecule has 2 N–H and O–H groups in total. The van der Waals surface area contributed by atoms with E-state index in [0.717, 1.165) is 10.9 Å². The Balaban J connectivity index is 1.68. The maximum Gasteiger partial charge on any atom is 0.410 e. The van der Waals surface area contributed by atoms with E-state index < -0.39 is 24.2 Å². The van der Waals surface area contributed by atoms with Crippen LogP contribution in [0.1, 0.15) is 34.4 Å². The van der Waals surface area contributed by atoms with Crippen LogP contribution < -0.4 is 24.8 Å². The van der Waals surface area contributed by atoms with Crippen molar-refractivity contribution in [2.75, 3.05) is 32.0 Å². The molecule has 0 spiro atoms. The second kappa shape index (κ2) is 9.57. The van der Waals surface area contributed by atoms with Gasteiger partial charge in [-0.15, -0.1) is 0 Å². The molecule has 8 nitrogen and oxygen atoms in total. The number of nitrogens with one attached hydrogen (secondary N) is 2. The minimum Gasteiger partial charge on any atom is -0.495 e. The van der Waals surface area contributed by atoms with Gasteiger partial charge in [0.1, 0.15) is 17.1 Å². The number of fused-ring (bicyclic) bond motifs is 1. The Labute approximate surface area is 203 Å². The number of aromatic nitrogens is 2. The molecule has 0 saturated carbocycles. The van der Waals surface area contributed by atoms with Crippen molar-refractivity contribution in [3.63, 3.8) is 0 Å². The van der Waals surface area contributed by atoms with Crippen molar-refractivity contribution < 1.29 is 32.2 Å². The zero-order chi connectivity index (χ0) is 25.3. The van der Waals surface area contributed by atoms with E-state index >= 15 is 0 Å². The summed E-state index contributed by atoms with van der Waals surface area (Å²) >= 11 is 6.11. The first-order valence-electron chi connectivity index (χ1n) is 10.4. The number of benzene rings is 2. The van der Waals surface area contributed by atoms with Crippen LogP contribution in [0.3, 0.4) is 0 Å². The normalized spacial score (nSPS) is 17.2. The van der Waals surface area contributed by atoms with Gasteiger partial charge in [-0.05, 0) is 35.9 Å². The van der Waals surface area contributed by atoms with Gasteiger partial charge < -0.3 is 24.8 Å². The number of halogens is 4. The van der Waals surface area contributed by atoms with Crippen LogP contribution in [0.15, 0.2) is 42.6 Å². The second-order valence-electron chi connectivity index (χ2n) is 7.76. The summed E-state index contributed by atoms with van der Waals surface area (Å²) < 4.78 is 58.4. The van der Waals surface area contributed by atoms with Crippen molar-refractivity contribution in [2.24, 2.45) is 0 Å². The molecule has 3 aromatic rings. The molecule has 4 rings (SSSR count). The largest absolute Gasteiger partial charge is 0.495 e. The van der Waals surface area contributed by atoms with E-state index in [4.69, 9.17) is 25.8 Å². The van der Waals surface area contributed by atoms with E-state index in [1.165, 1.54) is 27.4 Å². The summed E-state index contributed by atoms with van der Waals surface area (Å²) in [7, 11) is 4.36. The summed E-state index contributed by atoms with van der Waals surface area (Å²) in [6, 6.07) is 6.78. The first-order chi connectivity index (χ1) is 16.7. The Hall–Kier alpha value is -3.60. The highest BCUT2D eigenvalue weighted by molar-refractivity contribution is 6.32. The van der Waals surface area contributed by atoms with E-state index in [0.29, 0.717) is 28.5 Å². The van der Waals surface area contributed by atoms with Crippen LogP contribution in [0.25, 0.3) is 0 Å². The van der Waals surface area contributed by atoms with Crippen molar-refractivity contribution in [1.29, 1.82) is 0 Å². The minimum atomic E-state index is -4.59. The average Bonchev–Trinajstić information content (AvgIpc) is 3.26. The van der Waals surface area contributed by atoms with E-state index in [2.05, 4.69) is 15.7 Å². The van der Waals surface area contributed by atoms with Crippen LogP contribution in [0.5, 0.6) is 17.2 Å². The van der Waals surface area contributed by atoms with E-state index in [9.17, 15) is 18.0 Å². The predicted octanol–water partition coefficient (Wildman–Crippen LogP) is 5.47.